The van der Waals surface area contributed by atoms with Crippen molar-refractivity contribution in [2.45, 2.75) is 32.7 Å². The van der Waals surface area contributed by atoms with Crippen molar-refractivity contribution in [1.29, 1.82) is 0 Å². The minimum absolute atomic E-state index is 0.0617. The zero-order chi connectivity index (χ0) is 14.6. The topological polar surface area (TPSA) is 80.8 Å². The molecule has 1 fully saturated rings. The van der Waals surface area contributed by atoms with Crippen LogP contribution in [0.3, 0.4) is 0 Å². The Hall–Kier alpha value is -1.11. The van der Waals surface area contributed by atoms with Crippen molar-refractivity contribution in [3.8, 4) is 0 Å². The van der Waals surface area contributed by atoms with E-state index in [1.165, 1.54) is 12.0 Å². The van der Waals surface area contributed by atoms with Gasteiger partial charge in [-0.3, -0.25) is 9.59 Å². The van der Waals surface area contributed by atoms with E-state index in [2.05, 4.69) is 4.74 Å². The smallest absolute Gasteiger partial charge is 0.325 e. The molecule has 1 atom stereocenters. The molecule has 1 aliphatic rings. The molecule has 1 rings (SSSR count). The molecule has 110 valence electrons. The molecular formula is C12H21NO5S. The van der Waals surface area contributed by atoms with Gasteiger partial charge in [0, 0.05) is 12.5 Å². The van der Waals surface area contributed by atoms with Gasteiger partial charge in [-0.25, -0.2) is 8.42 Å². The average molecular weight is 291 g/mol. The summed E-state index contributed by atoms with van der Waals surface area (Å²) < 4.78 is 27.5. The number of methoxy groups -OCH3 is 1. The molecule has 19 heavy (non-hydrogen) atoms. The monoisotopic (exact) mass is 291 g/mol. The van der Waals surface area contributed by atoms with E-state index in [-0.39, 0.29) is 29.9 Å². The van der Waals surface area contributed by atoms with E-state index in [0.717, 1.165) is 0 Å². The molecule has 6 nitrogen and oxygen atoms in total. The van der Waals surface area contributed by atoms with Crippen LogP contribution in [-0.4, -0.2) is 56.4 Å². The molecule has 0 aromatic heterocycles. The summed E-state index contributed by atoms with van der Waals surface area (Å²) in [7, 11) is -1.84. The highest BCUT2D eigenvalue weighted by atomic mass is 32.2. The van der Waals surface area contributed by atoms with Crippen LogP contribution in [-0.2, 0) is 24.2 Å². The summed E-state index contributed by atoms with van der Waals surface area (Å²) >= 11 is 0. The lowest BCUT2D eigenvalue weighted by molar-refractivity contribution is -0.148. The Balaban J connectivity index is 2.80. The van der Waals surface area contributed by atoms with Crippen molar-refractivity contribution in [1.82, 2.24) is 4.90 Å². The van der Waals surface area contributed by atoms with Gasteiger partial charge in [-0.2, -0.15) is 0 Å². The third kappa shape index (κ3) is 4.81. The van der Waals surface area contributed by atoms with Crippen LogP contribution in [0.1, 0.15) is 26.7 Å². The predicted molar refractivity (Wildman–Crippen MR) is 70.2 cm³/mol. The molecule has 1 aliphatic heterocycles. The standard InChI is InChI=1S/C12H21NO5S/c1-9(2)6-11(14)13(7-12(15)18-3)10-4-5-19(16,17)8-10/h9-10H,4-8H2,1-3H3/t10-/m1/s1. The Bertz CT molecular complexity index is 443. The molecule has 1 heterocycles. The van der Waals surface area contributed by atoms with Crippen LogP contribution in [0.15, 0.2) is 0 Å². The van der Waals surface area contributed by atoms with Gasteiger partial charge in [0.1, 0.15) is 6.54 Å². The Morgan fingerprint density at radius 2 is 2.00 bits per heavy atom. The highest BCUT2D eigenvalue weighted by molar-refractivity contribution is 7.91. The van der Waals surface area contributed by atoms with Gasteiger partial charge in [0.2, 0.25) is 5.91 Å². The first-order valence-electron chi connectivity index (χ1n) is 6.32. The Morgan fingerprint density at radius 1 is 1.37 bits per heavy atom. The second kappa shape index (κ2) is 6.36. The van der Waals surface area contributed by atoms with Crippen LogP contribution < -0.4 is 0 Å². The van der Waals surface area contributed by atoms with Gasteiger partial charge in [-0.1, -0.05) is 13.8 Å². The van der Waals surface area contributed by atoms with Crippen molar-refractivity contribution >= 4 is 21.7 Å². The van der Waals surface area contributed by atoms with Gasteiger partial charge in [0.25, 0.3) is 0 Å². The maximum Gasteiger partial charge on any atom is 0.325 e. The first-order valence-corrected chi connectivity index (χ1v) is 8.14. The Kier molecular flexibility index (Phi) is 5.34. The maximum atomic E-state index is 12.1. The largest absolute Gasteiger partial charge is 0.468 e. The zero-order valence-corrected chi connectivity index (χ0v) is 12.4. The van der Waals surface area contributed by atoms with E-state index >= 15 is 0 Å². The molecule has 0 N–H and O–H groups in total. The lowest BCUT2D eigenvalue weighted by atomic mass is 10.1. The van der Waals surface area contributed by atoms with Gasteiger partial charge in [-0.05, 0) is 12.3 Å². The van der Waals surface area contributed by atoms with Gasteiger partial charge in [-0.15, -0.1) is 0 Å². The van der Waals surface area contributed by atoms with Crippen molar-refractivity contribution in [2.24, 2.45) is 5.92 Å². The number of amides is 1. The number of rotatable bonds is 5. The van der Waals surface area contributed by atoms with Crippen LogP contribution in [0.25, 0.3) is 0 Å². The summed E-state index contributed by atoms with van der Waals surface area (Å²) in [5, 5.41) is 0. The molecule has 0 aromatic rings. The lowest BCUT2D eigenvalue weighted by Gasteiger charge is -2.27. The fourth-order valence-corrected chi connectivity index (χ4v) is 3.84. The minimum Gasteiger partial charge on any atom is -0.468 e. The second-order valence-corrected chi connectivity index (χ2v) is 7.48. The molecule has 1 amide bonds. The molecule has 0 bridgehead atoms. The van der Waals surface area contributed by atoms with E-state index in [4.69, 9.17) is 0 Å². The predicted octanol–water partition coefficient (Wildman–Crippen LogP) is 0.221. The highest BCUT2D eigenvalue weighted by Gasteiger charge is 2.35. The van der Waals surface area contributed by atoms with Gasteiger partial charge >= 0.3 is 5.97 Å². The Morgan fingerprint density at radius 3 is 2.42 bits per heavy atom. The normalized spacial score (nSPS) is 21.4. The summed E-state index contributed by atoms with van der Waals surface area (Å²) in [5.74, 6) is -0.549. The van der Waals surface area contributed by atoms with Crippen molar-refractivity contribution in [3.05, 3.63) is 0 Å². The van der Waals surface area contributed by atoms with Gasteiger partial charge in [0.15, 0.2) is 9.84 Å². The number of hydrogen-bond acceptors (Lipinski definition) is 5. The number of hydrogen-bond donors (Lipinski definition) is 0. The first-order chi connectivity index (χ1) is 8.75. The van der Waals surface area contributed by atoms with Crippen molar-refractivity contribution < 1.29 is 22.7 Å². The highest BCUT2D eigenvalue weighted by Crippen LogP contribution is 2.19. The molecule has 0 unspecified atom stereocenters. The summed E-state index contributed by atoms with van der Waals surface area (Å²) in [4.78, 5) is 24.8. The zero-order valence-electron chi connectivity index (χ0n) is 11.6. The van der Waals surface area contributed by atoms with Crippen LogP contribution in [0.4, 0.5) is 0 Å². The molecule has 0 spiro atoms. The maximum absolute atomic E-state index is 12.1. The van der Waals surface area contributed by atoms with E-state index < -0.39 is 21.8 Å². The molecule has 0 aromatic carbocycles. The molecule has 0 aliphatic carbocycles. The van der Waals surface area contributed by atoms with E-state index in [0.29, 0.717) is 12.8 Å². The number of ether oxygens (including phenoxy) is 1. The SMILES string of the molecule is COC(=O)CN(C(=O)CC(C)C)[C@@H]1CCS(=O)(=O)C1. The third-order valence-corrected chi connectivity index (χ3v) is 4.83. The lowest BCUT2D eigenvalue weighted by Crippen LogP contribution is -2.44. The summed E-state index contributed by atoms with van der Waals surface area (Å²) in [5.41, 5.74) is 0. The van der Waals surface area contributed by atoms with Gasteiger partial charge in [0.05, 0.1) is 18.6 Å². The number of carbonyl (C=O) groups excluding carboxylic acids is 2. The van der Waals surface area contributed by atoms with Crippen LogP contribution in [0, 0.1) is 5.92 Å². The number of esters is 1. The third-order valence-electron chi connectivity index (χ3n) is 3.08. The van der Waals surface area contributed by atoms with Gasteiger partial charge < -0.3 is 9.64 Å². The molecule has 1 saturated heterocycles. The van der Waals surface area contributed by atoms with Crippen LogP contribution in [0.2, 0.25) is 0 Å². The Labute approximate surface area is 114 Å². The summed E-state index contributed by atoms with van der Waals surface area (Å²) in [6, 6.07) is -0.407. The molecule has 7 heteroatoms. The quantitative estimate of drug-likeness (QED) is 0.677. The minimum atomic E-state index is -3.09. The summed E-state index contributed by atoms with van der Waals surface area (Å²) in [6.07, 6.45) is 0.691. The van der Waals surface area contributed by atoms with Crippen LogP contribution >= 0.6 is 0 Å². The molecule has 0 radical (unpaired) electrons. The number of nitrogens with zero attached hydrogens (tertiary/aromatic N) is 1. The average Bonchev–Trinajstić information content (AvgIpc) is 2.64. The van der Waals surface area contributed by atoms with E-state index in [1.807, 2.05) is 13.8 Å². The molecule has 0 saturated carbocycles. The fraction of sp³-hybridized carbons (Fsp3) is 0.833. The van der Waals surface area contributed by atoms with E-state index in [1.54, 1.807) is 0 Å². The first kappa shape index (κ1) is 15.9. The number of carbonyl (C=O) groups is 2. The number of sulfone groups is 1. The van der Waals surface area contributed by atoms with Crippen LogP contribution in [0.5, 0.6) is 0 Å². The summed E-state index contributed by atoms with van der Waals surface area (Å²) in [6.45, 7) is 3.63. The van der Waals surface area contributed by atoms with Crippen molar-refractivity contribution in [3.63, 3.8) is 0 Å². The second-order valence-electron chi connectivity index (χ2n) is 5.25. The molecular weight excluding hydrogens is 270 g/mol. The fourth-order valence-electron chi connectivity index (χ4n) is 2.11. The van der Waals surface area contributed by atoms with Crippen molar-refractivity contribution in [2.75, 3.05) is 25.2 Å². The van der Waals surface area contributed by atoms with E-state index in [9.17, 15) is 18.0 Å².